The van der Waals surface area contributed by atoms with E-state index < -0.39 is 30.6 Å². The van der Waals surface area contributed by atoms with Gasteiger partial charge < -0.3 is 32.7 Å². The summed E-state index contributed by atoms with van der Waals surface area (Å²) in [6.45, 7) is 12.5. The van der Waals surface area contributed by atoms with Crippen molar-refractivity contribution in [2.24, 2.45) is 11.8 Å². The molecular weight excluding hydrogens is 581 g/mol. The van der Waals surface area contributed by atoms with Gasteiger partial charge in [0.25, 0.3) is 0 Å². The second-order valence-corrected chi connectivity index (χ2v) is 15.0. The van der Waals surface area contributed by atoms with E-state index in [0.717, 1.165) is 12.8 Å². The van der Waals surface area contributed by atoms with Crippen molar-refractivity contribution in [3.8, 4) is 0 Å². The molecule has 1 aromatic rings. The van der Waals surface area contributed by atoms with E-state index in [1.165, 1.54) is 6.92 Å². The Morgan fingerprint density at radius 1 is 1.05 bits per heavy atom. The fourth-order valence-electron chi connectivity index (χ4n) is 6.31. The maximum atomic E-state index is 13.6. The Kier molecular flexibility index (Phi) is 11.8. The third-order valence-electron chi connectivity index (χ3n) is 9.10. The summed E-state index contributed by atoms with van der Waals surface area (Å²) in [6.07, 6.45) is 0.340. The van der Waals surface area contributed by atoms with Crippen molar-refractivity contribution in [1.29, 1.82) is 0 Å². The Hall–Kier alpha value is -1.17. The monoisotopic (exact) mass is 629 g/mol. The SMILES string of the molecule is CC[C@H]1O[C@@H](C)[C@@H](C)C1O[P@](OC[C@H]1O[C@@H](C)[C@@H](C)C1OC)O[C@H](CS(=O)(=O)c1ccccc1)C1CCCN1C(C)=O. The largest absolute Gasteiger partial charge is 0.378 e. The first-order chi connectivity index (χ1) is 20.0. The van der Waals surface area contributed by atoms with Gasteiger partial charge in [0, 0.05) is 32.4 Å². The summed E-state index contributed by atoms with van der Waals surface area (Å²) in [6, 6.07) is 7.90. The number of rotatable bonds is 13. The topological polar surface area (TPSA) is 110 Å². The van der Waals surface area contributed by atoms with Crippen LogP contribution in [0, 0.1) is 11.8 Å². The average Bonchev–Trinajstić information content (AvgIpc) is 3.64. The van der Waals surface area contributed by atoms with E-state index in [1.807, 2.05) is 20.8 Å². The van der Waals surface area contributed by atoms with Gasteiger partial charge in [0.05, 0.1) is 53.8 Å². The summed E-state index contributed by atoms with van der Waals surface area (Å²) in [5.41, 5.74) is 0. The highest BCUT2D eigenvalue weighted by Crippen LogP contribution is 2.49. The summed E-state index contributed by atoms with van der Waals surface area (Å²) in [7, 11) is -4.13. The standard InChI is InChI=1S/C30H48NO9PS/c1-8-26-30(20(3)22(5)37-26)40-41(36-17-27-29(35-7)19(2)21(4)38-27)39-28(25-15-12-16-31(25)23(6)32)18-42(33,34)24-13-10-9-11-14-24/h9-11,13-14,19-22,25-30H,8,12,15-18H2,1-7H3/t19-,20-,21+,22+,25?,26-,27-,28-,29?,30?,41-/m1/s1. The molecule has 42 heavy (non-hydrogen) atoms. The number of carbonyl (C=O) groups is 1. The molecule has 3 fully saturated rings. The summed E-state index contributed by atoms with van der Waals surface area (Å²) in [4.78, 5) is 14.5. The third-order valence-corrected chi connectivity index (χ3v) is 12.1. The normalized spacial score (nSPS) is 35.0. The molecular formula is C30H48NO9PS. The van der Waals surface area contributed by atoms with Crippen LogP contribution >= 0.6 is 8.60 Å². The van der Waals surface area contributed by atoms with Gasteiger partial charge in [0.1, 0.15) is 12.2 Å². The van der Waals surface area contributed by atoms with Gasteiger partial charge in [0.2, 0.25) is 5.91 Å². The molecule has 238 valence electrons. The number of hydrogen-bond acceptors (Lipinski definition) is 9. The zero-order valence-corrected chi connectivity index (χ0v) is 27.6. The minimum absolute atomic E-state index is 0.00318. The zero-order chi connectivity index (χ0) is 30.6. The number of hydrogen-bond donors (Lipinski definition) is 0. The van der Waals surface area contributed by atoms with Crippen LogP contribution in [0.25, 0.3) is 0 Å². The number of amides is 1. The number of ether oxygens (including phenoxy) is 3. The highest BCUT2D eigenvalue weighted by atomic mass is 32.2. The van der Waals surface area contributed by atoms with Crippen LogP contribution in [0.1, 0.15) is 60.8 Å². The lowest BCUT2D eigenvalue weighted by Crippen LogP contribution is -2.45. The molecule has 0 aromatic heterocycles. The minimum atomic E-state index is -3.74. The molecule has 3 aliphatic heterocycles. The Bertz CT molecular complexity index is 1130. The second kappa shape index (κ2) is 14.7. The first-order valence-electron chi connectivity index (χ1n) is 15.1. The van der Waals surface area contributed by atoms with Gasteiger partial charge in [0.15, 0.2) is 9.84 Å². The molecule has 1 aromatic carbocycles. The van der Waals surface area contributed by atoms with Crippen LogP contribution in [0.5, 0.6) is 0 Å². The van der Waals surface area contributed by atoms with E-state index in [2.05, 4.69) is 13.8 Å². The highest BCUT2D eigenvalue weighted by Gasteiger charge is 2.46. The predicted octanol–water partition coefficient (Wildman–Crippen LogP) is 4.76. The maximum absolute atomic E-state index is 13.6. The number of benzene rings is 1. The van der Waals surface area contributed by atoms with E-state index in [1.54, 1.807) is 42.3 Å². The lowest BCUT2D eigenvalue weighted by Gasteiger charge is -2.34. The number of sulfone groups is 1. The molecule has 0 aliphatic carbocycles. The molecule has 0 spiro atoms. The van der Waals surface area contributed by atoms with Crippen molar-refractivity contribution in [3.63, 3.8) is 0 Å². The number of carbonyl (C=O) groups excluding carboxylic acids is 1. The molecule has 0 N–H and O–H groups in total. The van der Waals surface area contributed by atoms with Gasteiger partial charge in [-0.05, 0) is 45.2 Å². The Morgan fingerprint density at radius 2 is 1.69 bits per heavy atom. The van der Waals surface area contributed by atoms with Gasteiger partial charge >= 0.3 is 8.60 Å². The van der Waals surface area contributed by atoms with Crippen molar-refractivity contribution in [1.82, 2.24) is 4.90 Å². The van der Waals surface area contributed by atoms with E-state index in [-0.39, 0.29) is 71.6 Å². The average molecular weight is 630 g/mol. The van der Waals surface area contributed by atoms with Crippen molar-refractivity contribution in [3.05, 3.63) is 30.3 Å². The van der Waals surface area contributed by atoms with Gasteiger partial charge in [-0.2, -0.15) is 0 Å². The fraction of sp³-hybridized carbons (Fsp3) is 0.767. The van der Waals surface area contributed by atoms with Crippen LogP contribution in [0.15, 0.2) is 35.2 Å². The quantitative estimate of drug-likeness (QED) is 0.286. The molecule has 3 saturated heterocycles. The van der Waals surface area contributed by atoms with Crippen molar-refractivity contribution in [2.75, 3.05) is 26.0 Å². The molecule has 1 amide bonds. The fourth-order valence-corrected chi connectivity index (χ4v) is 9.30. The van der Waals surface area contributed by atoms with Gasteiger partial charge in [-0.25, -0.2) is 8.42 Å². The Balaban J connectivity index is 1.62. The lowest BCUT2D eigenvalue weighted by molar-refractivity contribution is -0.131. The summed E-state index contributed by atoms with van der Waals surface area (Å²) >= 11 is 0. The molecule has 0 radical (unpaired) electrons. The molecule has 3 heterocycles. The van der Waals surface area contributed by atoms with Crippen LogP contribution in [0.3, 0.4) is 0 Å². The minimum Gasteiger partial charge on any atom is -0.378 e. The molecule has 10 nitrogen and oxygen atoms in total. The first kappa shape index (κ1) is 33.7. The van der Waals surface area contributed by atoms with E-state index in [9.17, 15) is 13.2 Å². The van der Waals surface area contributed by atoms with Crippen LogP contribution in [0.2, 0.25) is 0 Å². The number of likely N-dealkylation sites (tertiary alicyclic amines) is 1. The van der Waals surface area contributed by atoms with Crippen molar-refractivity contribution < 1.29 is 41.0 Å². The van der Waals surface area contributed by atoms with Crippen LogP contribution in [-0.2, 0) is 42.4 Å². The first-order valence-corrected chi connectivity index (χ1v) is 17.9. The van der Waals surface area contributed by atoms with Crippen LogP contribution in [-0.4, -0.2) is 94.0 Å². The predicted molar refractivity (Wildman–Crippen MR) is 160 cm³/mol. The van der Waals surface area contributed by atoms with Gasteiger partial charge in [-0.1, -0.05) is 39.0 Å². The Labute approximate surface area is 252 Å². The van der Waals surface area contributed by atoms with Crippen LogP contribution in [0.4, 0.5) is 0 Å². The molecule has 3 unspecified atom stereocenters. The Morgan fingerprint density at radius 3 is 2.31 bits per heavy atom. The summed E-state index contributed by atoms with van der Waals surface area (Å²) in [5, 5.41) is 0. The van der Waals surface area contributed by atoms with Crippen LogP contribution < -0.4 is 0 Å². The zero-order valence-electron chi connectivity index (χ0n) is 25.9. The van der Waals surface area contributed by atoms with E-state index in [0.29, 0.717) is 13.0 Å². The molecule has 3 aliphatic rings. The summed E-state index contributed by atoms with van der Waals surface area (Å²) in [5.74, 6) is -0.168. The van der Waals surface area contributed by atoms with Gasteiger partial charge in [-0.15, -0.1) is 0 Å². The van der Waals surface area contributed by atoms with Crippen molar-refractivity contribution >= 4 is 24.3 Å². The molecule has 11 atom stereocenters. The van der Waals surface area contributed by atoms with E-state index >= 15 is 0 Å². The number of nitrogens with zero attached hydrogens (tertiary/aromatic N) is 1. The maximum Gasteiger partial charge on any atom is 0.333 e. The smallest absolute Gasteiger partial charge is 0.333 e. The molecule has 4 rings (SSSR count). The van der Waals surface area contributed by atoms with Crippen molar-refractivity contribution in [2.45, 2.75) is 114 Å². The highest BCUT2D eigenvalue weighted by molar-refractivity contribution is 7.91. The molecule has 12 heteroatoms. The number of methoxy groups -OCH3 is 1. The summed E-state index contributed by atoms with van der Waals surface area (Å²) < 4.78 is 64.8. The second-order valence-electron chi connectivity index (χ2n) is 11.8. The lowest BCUT2D eigenvalue weighted by atomic mass is 9.98. The van der Waals surface area contributed by atoms with Gasteiger partial charge in [-0.3, -0.25) is 4.79 Å². The van der Waals surface area contributed by atoms with E-state index in [4.69, 9.17) is 27.8 Å². The third kappa shape index (κ3) is 7.72. The molecule has 0 saturated carbocycles. The molecule has 0 bridgehead atoms.